The Morgan fingerprint density at radius 2 is 1.57 bits per heavy atom. The lowest BCUT2D eigenvalue weighted by atomic mass is 9.87. The van der Waals surface area contributed by atoms with Gasteiger partial charge in [0.1, 0.15) is 5.54 Å². The summed E-state index contributed by atoms with van der Waals surface area (Å²) in [5.41, 5.74) is 1.66. The number of amides is 3. The van der Waals surface area contributed by atoms with Crippen LogP contribution in [0.15, 0.2) is 54.6 Å². The average molecular weight is 379 g/mol. The highest BCUT2D eigenvalue weighted by Gasteiger charge is 2.52. The van der Waals surface area contributed by atoms with Crippen LogP contribution in [0, 0.1) is 0 Å². The third kappa shape index (κ3) is 3.25. The van der Waals surface area contributed by atoms with Crippen molar-refractivity contribution in [2.45, 2.75) is 18.4 Å². The van der Waals surface area contributed by atoms with Gasteiger partial charge in [-0.1, -0.05) is 42.5 Å². The number of rotatable bonds is 4. The van der Waals surface area contributed by atoms with Gasteiger partial charge in [0.25, 0.3) is 5.91 Å². The minimum atomic E-state index is -0.940. The van der Waals surface area contributed by atoms with Crippen molar-refractivity contribution in [2.24, 2.45) is 0 Å². The number of carbonyl (C=O) groups excluding carboxylic acids is 2. The van der Waals surface area contributed by atoms with Crippen molar-refractivity contribution in [3.8, 4) is 11.1 Å². The maximum absolute atomic E-state index is 13.1. The fourth-order valence-corrected chi connectivity index (χ4v) is 3.91. The quantitative estimate of drug-likeness (QED) is 0.796. The first-order valence-electron chi connectivity index (χ1n) is 9.25. The first kappa shape index (κ1) is 18.2. The van der Waals surface area contributed by atoms with E-state index in [9.17, 15) is 14.4 Å². The summed E-state index contributed by atoms with van der Waals surface area (Å²) in [5, 5.41) is 11.8. The van der Waals surface area contributed by atoms with E-state index < -0.39 is 17.5 Å². The summed E-state index contributed by atoms with van der Waals surface area (Å²) in [7, 11) is 0. The third-order valence-electron chi connectivity index (χ3n) is 5.46. The van der Waals surface area contributed by atoms with Gasteiger partial charge in [-0.3, -0.25) is 14.5 Å². The Hall–Kier alpha value is -3.19. The predicted molar refractivity (Wildman–Crippen MR) is 104 cm³/mol. The van der Waals surface area contributed by atoms with E-state index in [1.807, 2.05) is 42.5 Å². The van der Waals surface area contributed by atoms with Crippen LogP contribution in [0.1, 0.15) is 12.8 Å². The van der Waals surface area contributed by atoms with E-state index in [4.69, 9.17) is 5.11 Å². The number of carboxylic acid groups (broad SMARTS) is 1. The molecule has 0 aliphatic carbocycles. The molecule has 0 aromatic heterocycles. The van der Waals surface area contributed by atoms with Crippen LogP contribution in [0.25, 0.3) is 11.1 Å². The average Bonchev–Trinajstić information content (AvgIpc) is 2.94. The van der Waals surface area contributed by atoms with Crippen molar-refractivity contribution < 1.29 is 19.5 Å². The molecule has 0 radical (unpaired) electrons. The molecule has 0 bridgehead atoms. The Kier molecular flexibility index (Phi) is 4.60. The molecule has 2 fully saturated rings. The molecule has 0 atom stereocenters. The Bertz CT molecular complexity index is 903. The number of benzene rings is 2. The molecule has 144 valence electrons. The van der Waals surface area contributed by atoms with Crippen LogP contribution in [0.2, 0.25) is 0 Å². The van der Waals surface area contributed by atoms with Crippen molar-refractivity contribution in [1.82, 2.24) is 10.2 Å². The molecule has 28 heavy (non-hydrogen) atoms. The number of aliphatic carboxylic acids is 1. The van der Waals surface area contributed by atoms with E-state index in [1.165, 1.54) is 4.90 Å². The van der Waals surface area contributed by atoms with Gasteiger partial charge >= 0.3 is 12.0 Å². The zero-order valence-corrected chi connectivity index (χ0v) is 15.3. The molecule has 7 heteroatoms. The number of imide groups is 1. The number of hydrogen-bond acceptors (Lipinski definition) is 4. The largest absolute Gasteiger partial charge is 0.480 e. The second-order valence-electron chi connectivity index (χ2n) is 7.24. The molecule has 2 aliphatic heterocycles. The molecular weight excluding hydrogens is 358 g/mol. The molecule has 2 saturated heterocycles. The van der Waals surface area contributed by atoms with E-state index >= 15 is 0 Å². The molecule has 2 heterocycles. The predicted octanol–water partition coefficient (Wildman–Crippen LogP) is 2.33. The van der Waals surface area contributed by atoms with Gasteiger partial charge in [0.2, 0.25) is 0 Å². The van der Waals surface area contributed by atoms with E-state index in [-0.39, 0.29) is 12.5 Å². The molecule has 0 unspecified atom stereocenters. The van der Waals surface area contributed by atoms with Crippen LogP contribution < -0.4 is 10.2 Å². The molecule has 3 amide bonds. The van der Waals surface area contributed by atoms with Gasteiger partial charge in [-0.15, -0.1) is 0 Å². The molecule has 4 rings (SSSR count). The number of nitrogens with zero attached hydrogens (tertiary/aromatic N) is 2. The number of nitrogens with one attached hydrogen (secondary N) is 1. The maximum Gasteiger partial charge on any atom is 0.329 e. The second kappa shape index (κ2) is 7.09. The van der Waals surface area contributed by atoms with Crippen LogP contribution in [-0.2, 0) is 9.59 Å². The normalized spacial score (nSPS) is 19.1. The summed E-state index contributed by atoms with van der Waals surface area (Å²) < 4.78 is 0. The number of piperidine rings is 1. The highest BCUT2D eigenvalue weighted by atomic mass is 16.4. The number of carboxylic acids is 1. The number of hydrogen-bond donors (Lipinski definition) is 2. The van der Waals surface area contributed by atoms with E-state index in [0.29, 0.717) is 31.6 Å². The molecular formula is C21H21N3O4. The lowest BCUT2D eigenvalue weighted by molar-refractivity contribution is -0.138. The van der Waals surface area contributed by atoms with Crippen molar-refractivity contribution in [3.05, 3.63) is 54.6 Å². The molecule has 2 N–H and O–H groups in total. The number of anilines is 1. The van der Waals surface area contributed by atoms with Crippen LogP contribution >= 0.6 is 0 Å². The van der Waals surface area contributed by atoms with Gasteiger partial charge in [-0.2, -0.15) is 0 Å². The summed E-state index contributed by atoms with van der Waals surface area (Å²) in [5.74, 6) is -1.15. The van der Waals surface area contributed by atoms with Crippen molar-refractivity contribution in [1.29, 1.82) is 0 Å². The van der Waals surface area contributed by atoms with Crippen molar-refractivity contribution in [2.75, 3.05) is 24.5 Å². The van der Waals surface area contributed by atoms with Crippen LogP contribution in [0.5, 0.6) is 0 Å². The van der Waals surface area contributed by atoms with Gasteiger partial charge < -0.3 is 10.4 Å². The maximum atomic E-state index is 13.1. The summed E-state index contributed by atoms with van der Waals surface area (Å²) in [6.07, 6.45) is 0.812. The fraction of sp³-hybridized carbons (Fsp3) is 0.286. The zero-order valence-electron chi connectivity index (χ0n) is 15.3. The smallest absolute Gasteiger partial charge is 0.329 e. The van der Waals surface area contributed by atoms with Crippen LogP contribution in [0.4, 0.5) is 10.5 Å². The Balaban J connectivity index is 1.51. The van der Waals surface area contributed by atoms with Crippen LogP contribution in [-0.4, -0.2) is 53.1 Å². The van der Waals surface area contributed by atoms with Crippen molar-refractivity contribution in [3.63, 3.8) is 0 Å². The molecule has 2 aromatic rings. The summed E-state index contributed by atoms with van der Waals surface area (Å²) >= 11 is 0. The summed E-state index contributed by atoms with van der Waals surface area (Å²) in [4.78, 5) is 39.5. The topological polar surface area (TPSA) is 89.9 Å². The minimum absolute atomic E-state index is 0.0527. The fourth-order valence-electron chi connectivity index (χ4n) is 3.91. The third-order valence-corrected chi connectivity index (χ3v) is 5.46. The summed E-state index contributed by atoms with van der Waals surface area (Å²) in [6, 6.07) is 16.8. The second-order valence-corrected chi connectivity index (χ2v) is 7.24. The molecule has 2 aromatic carbocycles. The highest BCUT2D eigenvalue weighted by Crippen LogP contribution is 2.33. The summed E-state index contributed by atoms with van der Waals surface area (Å²) in [6.45, 7) is 0.862. The van der Waals surface area contributed by atoms with E-state index in [1.54, 1.807) is 17.0 Å². The first-order valence-corrected chi connectivity index (χ1v) is 9.25. The molecule has 7 nitrogen and oxygen atoms in total. The van der Waals surface area contributed by atoms with Gasteiger partial charge in [0, 0.05) is 13.1 Å². The number of likely N-dealkylation sites (tertiary alicyclic amines) is 1. The first-order chi connectivity index (χ1) is 13.5. The van der Waals surface area contributed by atoms with E-state index in [2.05, 4.69) is 5.32 Å². The standard InChI is InChI=1S/C21H21N3O4/c25-18(26)14-23-12-10-21(11-13-23)19(27)24(20(28)22-21)17-8-6-16(7-9-17)15-4-2-1-3-5-15/h1-9H,10-14H2,(H,22,28)(H,25,26). The Labute approximate surface area is 162 Å². The van der Waals surface area contributed by atoms with Crippen molar-refractivity contribution >= 4 is 23.6 Å². The molecule has 2 aliphatic rings. The van der Waals surface area contributed by atoms with Gasteiger partial charge in [-0.05, 0) is 36.1 Å². The van der Waals surface area contributed by atoms with Crippen LogP contribution in [0.3, 0.4) is 0 Å². The number of urea groups is 1. The molecule has 1 spiro atoms. The van der Waals surface area contributed by atoms with Gasteiger partial charge in [-0.25, -0.2) is 9.69 Å². The minimum Gasteiger partial charge on any atom is -0.480 e. The molecule has 0 saturated carbocycles. The van der Waals surface area contributed by atoms with Gasteiger partial charge in [0.15, 0.2) is 0 Å². The Morgan fingerprint density at radius 3 is 2.18 bits per heavy atom. The van der Waals surface area contributed by atoms with Gasteiger partial charge in [0.05, 0.1) is 12.2 Å². The Morgan fingerprint density at radius 1 is 0.964 bits per heavy atom. The SMILES string of the molecule is O=C(O)CN1CCC2(CC1)NC(=O)N(c1ccc(-c3ccccc3)cc1)C2=O. The number of carbonyl (C=O) groups is 3. The van der Waals surface area contributed by atoms with E-state index in [0.717, 1.165) is 11.1 Å². The lowest BCUT2D eigenvalue weighted by Gasteiger charge is -2.36. The zero-order chi connectivity index (χ0) is 19.7. The monoisotopic (exact) mass is 379 g/mol. The highest BCUT2D eigenvalue weighted by molar-refractivity contribution is 6.23. The lowest BCUT2D eigenvalue weighted by Crippen LogP contribution is -2.55.